The Bertz CT molecular complexity index is 589. The number of carbonyl (C=O) groups is 1. The van der Waals surface area contributed by atoms with Crippen LogP contribution in [0.5, 0.6) is 0 Å². The molecule has 2 rings (SSSR count). The summed E-state index contributed by atoms with van der Waals surface area (Å²) in [4.78, 5) is 15.4. The Morgan fingerprint density at radius 3 is 2.83 bits per heavy atom. The molecule has 0 spiro atoms. The fourth-order valence-electron chi connectivity index (χ4n) is 1.56. The van der Waals surface area contributed by atoms with Crippen LogP contribution >= 0.6 is 0 Å². The Kier molecular flexibility index (Phi) is 2.98. The first-order chi connectivity index (χ1) is 8.38. The van der Waals surface area contributed by atoms with Crippen LogP contribution in [0, 0.1) is 6.92 Å². The first kappa shape index (κ1) is 12.4. The Morgan fingerprint density at radius 2 is 2.17 bits per heavy atom. The third-order valence-electron chi connectivity index (χ3n) is 2.29. The minimum absolute atomic E-state index is 0.114. The van der Waals surface area contributed by atoms with Gasteiger partial charge >= 0.3 is 12.1 Å². The summed E-state index contributed by atoms with van der Waals surface area (Å²) in [6.07, 6.45) is -2.88. The number of hydrogen-bond acceptors (Lipinski definition) is 3. The average Bonchev–Trinajstić information content (AvgIpc) is 2.64. The number of ether oxygens (including phenoxy) is 1. The molecule has 0 unspecified atom stereocenters. The van der Waals surface area contributed by atoms with Crippen LogP contribution in [0.2, 0.25) is 0 Å². The number of alkyl halides is 3. The summed E-state index contributed by atoms with van der Waals surface area (Å²) in [5.41, 5.74) is 0.305. The molecule has 2 aromatic rings. The molecule has 0 radical (unpaired) electrons. The highest BCUT2D eigenvalue weighted by atomic mass is 19.4. The van der Waals surface area contributed by atoms with E-state index < -0.39 is 18.8 Å². The van der Waals surface area contributed by atoms with Gasteiger partial charge in [0.25, 0.3) is 0 Å². The maximum atomic E-state index is 11.9. The van der Waals surface area contributed by atoms with Crippen LogP contribution in [0.1, 0.15) is 16.3 Å². The van der Waals surface area contributed by atoms with Crippen molar-refractivity contribution in [3.8, 4) is 0 Å². The molecular weight excluding hydrogens is 249 g/mol. The number of carbonyl (C=O) groups excluding carboxylic acids is 1. The van der Waals surface area contributed by atoms with E-state index in [2.05, 4.69) is 9.72 Å². The molecule has 0 atom stereocenters. The molecule has 0 N–H and O–H groups in total. The van der Waals surface area contributed by atoms with Crippen LogP contribution in [0.3, 0.4) is 0 Å². The normalized spacial score (nSPS) is 11.8. The molecule has 0 saturated heterocycles. The molecule has 4 nitrogen and oxygen atoms in total. The van der Waals surface area contributed by atoms with E-state index in [1.165, 1.54) is 0 Å². The first-order valence-corrected chi connectivity index (χ1v) is 5.06. The van der Waals surface area contributed by atoms with Gasteiger partial charge in [-0.15, -0.1) is 0 Å². The highest BCUT2D eigenvalue weighted by molar-refractivity contribution is 5.95. The number of hydrogen-bond donors (Lipinski definition) is 0. The number of aromatic nitrogens is 2. The van der Waals surface area contributed by atoms with E-state index in [1.54, 1.807) is 35.7 Å². The van der Waals surface area contributed by atoms with Crippen molar-refractivity contribution in [1.82, 2.24) is 9.38 Å². The van der Waals surface area contributed by atoms with Gasteiger partial charge in [0.05, 0.1) is 5.52 Å². The van der Waals surface area contributed by atoms with Gasteiger partial charge in [0, 0.05) is 6.20 Å². The van der Waals surface area contributed by atoms with Crippen LogP contribution in [0.15, 0.2) is 24.4 Å². The fourth-order valence-corrected chi connectivity index (χ4v) is 1.56. The van der Waals surface area contributed by atoms with Gasteiger partial charge in [0.1, 0.15) is 5.82 Å². The summed E-state index contributed by atoms with van der Waals surface area (Å²) in [7, 11) is 0. The van der Waals surface area contributed by atoms with Crippen molar-refractivity contribution < 1.29 is 22.7 Å². The molecular formula is C11H9F3N2O2. The lowest BCUT2D eigenvalue weighted by Gasteiger charge is -2.06. The number of halogens is 3. The molecule has 0 aliphatic carbocycles. The number of esters is 1. The zero-order valence-corrected chi connectivity index (χ0v) is 9.36. The monoisotopic (exact) mass is 258 g/mol. The van der Waals surface area contributed by atoms with E-state index in [0.29, 0.717) is 11.3 Å². The molecule has 0 aliphatic rings. The van der Waals surface area contributed by atoms with Crippen LogP contribution < -0.4 is 0 Å². The van der Waals surface area contributed by atoms with Crippen molar-refractivity contribution in [2.45, 2.75) is 13.1 Å². The predicted octanol–water partition coefficient (Wildman–Crippen LogP) is 2.36. The van der Waals surface area contributed by atoms with Gasteiger partial charge in [0.15, 0.2) is 12.3 Å². The molecule has 0 saturated carbocycles. The van der Waals surface area contributed by atoms with Crippen molar-refractivity contribution in [3.63, 3.8) is 0 Å². The molecule has 0 fully saturated rings. The molecule has 0 aliphatic heterocycles. The Labute approximate surface area is 100 Å². The topological polar surface area (TPSA) is 43.6 Å². The van der Waals surface area contributed by atoms with E-state index in [1.807, 2.05) is 0 Å². The van der Waals surface area contributed by atoms with E-state index in [9.17, 15) is 18.0 Å². The van der Waals surface area contributed by atoms with Gasteiger partial charge in [0.2, 0.25) is 0 Å². The lowest BCUT2D eigenvalue weighted by molar-refractivity contribution is -0.161. The number of aryl methyl sites for hydroxylation is 1. The molecule has 0 aromatic carbocycles. The Morgan fingerprint density at radius 1 is 1.44 bits per heavy atom. The average molecular weight is 258 g/mol. The molecule has 96 valence electrons. The molecule has 0 amide bonds. The molecule has 18 heavy (non-hydrogen) atoms. The summed E-state index contributed by atoms with van der Waals surface area (Å²) in [5, 5.41) is 0. The van der Waals surface area contributed by atoms with E-state index in [-0.39, 0.29) is 5.69 Å². The third kappa shape index (κ3) is 2.44. The summed E-state index contributed by atoms with van der Waals surface area (Å²) < 4.78 is 41.6. The minimum Gasteiger partial charge on any atom is -0.451 e. The quantitative estimate of drug-likeness (QED) is 0.777. The Balaban J connectivity index is 2.28. The fraction of sp³-hybridized carbons (Fsp3) is 0.273. The van der Waals surface area contributed by atoms with Crippen molar-refractivity contribution in [2.75, 3.05) is 6.61 Å². The van der Waals surface area contributed by atoms with E-state index >= 15 is 0 Å². The van der Waals surface area contributed by atoms with Gasteiger partial charge in [-0.05, 0) is 19.1 Å². The summed E-state index contributed by atoms with van der Waals surface area (Å²) in [6.45, 7) is 0.0320. The SMILES string of the molecule is Cc1nc(C(=O)OCC(F)(F)F)c2ccccn12. The highest BCUT2D eigenvalue weighted by Crippen LogP contribution is 2.17. The Hall–Kier alpha value is -2.05. The van der Waals surface area contributed by atoms with Gasteiger partial charge in [-0.3, -0.25) is 0 Å². The lowest BCUT2D eigenvalue weighted by Crippen LogP contribution is -2.20. The van der Waals surface area contributed by atoms with Crippen molar-refractivity contribution in [3.05, 3.63) is 35.9 Å². The van der Waals surface area contributed by atoms with Crippen LogP contribution in [0.4, 0.5) is 13.2 Å². The van der Waals surface area contributed by atoms with Crippen molar-refractivity contribution >= 4 is 11.5 Å². The zero-order chi connectivity index (χ0) is 13.3. The second kappa shape index (κ2) is 4.32. The van der Waals surface area contributed by atoms with Gasteiger partial charge in [-0.1, -0.05) is 6.07 Å². The number of pyridine rings is 1. The molecule has 2 aromatic heterocycles. The lowest BCUT2D eigenvalue weighted by atomic mass is 10.3. The molecule has 0 bridgehead atoms. The van der Waals surface area contributed by atoms with Crippen molar-refractivity contribution in [1.29, 1.82) is 0 Å². The van der Waals surface area contributed by atoms with Gasteiger partial charge in [-0.25, -0.2) is 9.78 Å². The highest BCUT2D eigenvalue weighted by Gasteiger charge is 2.30. The number of rotatable bonds is 2. The maximum absolute atomic E-state index is 11.9. The second-order valence-corrected chi connectivity index (χ2v) is 3.65. The minimum atomic E-state index is -4.54. The van der Waals surface area contributed by atoms with Gasteiger partial charge < -0.3 is 9.14 Å². The second-order valence-electron chi connectivity index (χ2n) is 3.65. The summed E-state index contributed by atoms with van der Waals surface area (Å²) in [6, 6.07) is 4.98. The smallest absolute Gasteiger partial charge is 0.422 e. The van der Waals surface area contributed by atoms with Crippen LogP contribution in [-0.2, 0) is 4.74 Å². The van der Waals surface area contributed by atoms with Crippen LogP contribution in [-0.4, -0.2) is 28.1 Å². The molecule has 7 heteroatoms. The van der Waals surface area contributed by atoms with Crippen molar-refractivity contribution in [2.24, 2.45) is 0 Å². The summed E-state index contributed by atoms with van der Waals surface area (Å²) >= 11 is 0. The maximum Gasteiger partial charge on any atom is 0.422 e. The standard InChI is InChI=1S/C11H9F3N2O2/c1-7-15-9(8-4-2-3-5-16(7)8)10(17)18-6-11(12,13)14/h2-5H,6H2,1H3. The van der Waals surface area contributed by atoms with Crippen LogP contribution in [0.25, 0.3) is 5.52 Å². The van der Waals surface area contributed by atoms with E-state index in [4.69, 9.17) is 0 Å². The third-order valence-corrected chi connectivity index (χ3v) is 2.29. The number of fused-ring (bicyclic) bond motifs is 1. The summed E-state index contributed by atoms with van der Waals surface area (Å²) in [5.74, 6) is -0.575. The molecule has 2 heterocycles. The number of imidazole rings is 1. The predicted molar refractivity (Wildman–Crippen MR) is 56.3 cm³/mol. The van der Waals surface area contributed by atoms with Gasteiger partial charge in [-0.2, -0.15) is 13.2 Å². The first-order valence-electron chi connectivity index (χ1n) is 5.06. The number of nitrogens with zero attached hydrogens (tertiary/aromatic N) is 2. The largest absolute Gasteiger partial charge is 0.451 e. The zero-order valence-electron chi connectivity index (χ0n) is 9.36. The van der Waals surface area contributed by atoms with E-state index in [0.717, 1.165) is 0 Å².